The summed E-state index contributed by atoms with van der Waals surface area (Å²) in [5.74, 6) is -0.315. The highest BCUT2D eigenvalue weighted by molar-refractivity contribution is 7.93. The summed E-state index contributed by atoms with van der Waals surface area (Å²) in [4.78, 5) is 1.46. The van der Waals surface area contributed by atoms with Gasteiger partial charge in [-0.3, -0.25) is 4.72 Å². The largest absolute Gasteiger partial charge is 0.497 e. The molecule has 2 rings (SSSR count). The zero-order chi connectivity index (χ0) is 15.6. The number of nitrogens with two attached hydrogens (primary N) is 1. The summed E-state index contributed by atoms with van der Waals surface area (Å²) in [5.41, 5.74) is 5.35. The van der Waals surface area contributed by atoms with Crippen molar-refractivity contribution in [1.29, 1.82) is 0 Å². The Bertz CT molecular complexity index is 757. The van der Waals surface area contributed by atoms with E-state index in [-0.39, 0.29) is 17.1 Å². The van der Waals surface area contributed by atoms with Crippen LogP contribution in [0.25, 0.3) is 0 Å². The van der Waals surface area contributed by atoms with Crippen LogP contribution >= 0.6 is 11.3 Å². The van der Waals surface area contributed by atoms with Crippen LogP contribution in [-0.2, 0) is 16.6 Å². The van der Waals surface area contributed by atoms with Crippen LogP contribution in [0.5, 0.6) is 5.75 Å². The molecule has 1 heterocycles. The van der Waals surface area contributed by atoms with Gasteiger partial charge >= 0.3 is 0 Å². The number of nitrogens with one attached hydrogen (secondary N) is 1. The lowest BCUT2D eigenvalue weighted by Crippen LogP contribution is -2.14. The number of thiophene rings is 1. The number of methoxy groups -OCH3 is 1. The van der Waals surface area contributed by atoms with Crippen LogP contribution in [0.15, 0.2) is 29.2 Å². The number of hydrogen-bond donors (Lipinski definition) is 2. The zero-order valence-corrected chi connectivity index (χ0v) is 13.1. The van der Waals surface area contributed by atoms with Gasteiger partial charge in [0.15, 0.2) is 0 Å². The van der Waals surface area contributed by atoms with Crippen molar-refractivity contribution in [3.63, 3.8) is 0 Å². The zero-order valence-electron chi connectivity index (χ0n) is 11.5. The van der Waals surface area contributed by atoms with Crippen LogP contribution < -0.4 is 15.2 Å². The molecule has 0 unspecified atom stereocenters. The molecule has 0 radical (unpaired) electrons. The predicted octanol–water partition coefficient (Wildman–Crippen LogP) is 2.46. The van der Waals surface area contributed by atoms with Gasteiger partial charge < -0.3 is 10.5 Å². The lowest BCUT2D eigenvalue weighted by atomic mass is 10.3. The standard InChI is InChI=1S/C13H15FN2O3S2/c1-8-13(6-10(7-15)20-8)21(17,18)16-12-5-9(19-2)3-4-11(12)14/h3-6,16H,7,15H2,1-2H3. The van der Waals surface area contributed by atoms with Crippen molar-refractivity contribution in [3.8, 4) is 5.75 Å². The van der Waals surface area contributed by atoms with E-state index in [1.807, 2.05) is 0 Å². The smallest absolute Gasteiger partial charge is 0.263 e. The van der Waals surface area contributed by atoms with E-state index in [4.69, 9.17) is 10.5 Å². The van der Waals surface area contributed by atoms with E-state index >= 15 is 0 Å². The SMILES string of the molecule is COc1ccc(F)c(NS(=O)(=O)c2cc(CN)sc2C)c1. The molecule has 0 aliphatic heterocycles. The van der Waals surface area contributed by atoms with Crippen LogP contribution in [0.3, 0.4) is 0 Å². The first-order valence-electron chi connectivity index (χ1n) is 6.03. The topological polar surface area (TPSA) is 81.4 Å². The van der Waals surface area contributed by atoms with Crippen molar-refractivity contribution >= 4 is 27.0 Å². The maximum atomic E-state index is 13.7. The molecule has 1 aromatic heterocycles. The van der Waals surface area contributed by atoms with Gasteiger partial charge in [0, 0.05) is 22.4 Å². The highest BCUT2D eigenvalue weighted by atomic mass is 32.2. The molecule has 0 bridgehead atoms. The Morgan fingerprint density at radius 2 is 2.10 bits per heavy atom. The minimum absolute atomic E-state index is 0.107. The minimum atomic E-state index is -3.87. The lowest BCUT2D eigenvalue weighted by Gasteiger charge is -2.10. The van der Waals surface area contributed by atoms with Gasteiger partial charge in [0.2, 0.25) is 0 Å². The summed E-state index contributed by atoms with van der Waals surface area (Å²) in [7, 11) is -2.45. The molecule has 21 heavy (non-hydrogen) atoms. The number of anilines is 1. The third-order valence-corrected chi connectivity index (χ3v) is 5.53. The normalized spacial score (nSPS) is 11.4. The number of aryl methyl sites for hydroxylation is 1. The fraction of sp³-hybridized carbons (Fsp3) is 0.231. The van der Waals surface area contributed by atoms with Gasteiger partial charge in [0.1, 0.15) is 16.5 Å². The van der Waals surface area contributed by atoms with Crippen LogP contribution in [0, 0.1) is 12.7 Å². The Labute approximate surface area is 126 Å². The molecular formula is C13H15FN2O3S2. The van der Waals surface area contributed by atoms with Gasteiger partial charge in [-0.05, 0) is 25.1 Å². The highest BCUT2D eigenvalue weighted by Gasteiger charge is 2.21. The average Bonchev–Trinajstić information content (AvgIpc) is 2.83. The molecule has 5 nitrogen and oxygen atoms in total. The van der Waals surface area contributed by atoms with Crippen molar-refractivity contribution in [2.75, 3.05) is 11.8 Å². The summed E-state index contributed by atoms with van der Waals surface area (Å²) >= 11 is 1.30. The number of hydrogen-bond acceptors (Lipinski definition) is 5. The van der Waals surface area contributed by atoms with Crippen molar-refractivity contribution in [2.24, 2.45) is 5.73 Å². The van der Waals surface area contributed by atoms with Crippen LogP contribution in [0.1, 0.15) is 9.75 Å². The summed E-state index contributed by atoms with van der Waals surface area (Å²) in [6, 6.07) is 5.34. The van der Waals surface area contributed by atoms with Crippen LogP contribution in [0.4, 0.5) is 10.1 Å². The first-order valence-corrected chi connectivity index (χ1v) is 8.33. The van der Waals surface area contributed by atoms with Crippen LogP contribution in [0.2, 0.25) is 0 Å². The molecule has 0 spiro atoms. The number of benzene rings is 1. The maximum absolute atomic E-state index is 13.7. The number of rotatable bonds is 5. The van der Waals surface area contributed by atoms with E-state index in [1.165, 1.54) is 36.6 Å². The molecule has 3 N–H and O–H groups in total. The molecule has 1 aromatic carbocycles. The number of sulfonamides is 1. The first kappa shape index (κ1) is 15.7. The van der Waals surface area contributed by atoms with Gasteiger partial charge in [0.05, 0.1) is 12.8 Å². The second-order valence-electron chi connectivity index (χ2n) is 4.29. The van der Waals surface area contributed by atoms with Gasteiger partial charge in [-0.25, -0.2) is 12.8 Å². The predicted molar refractivity (Wildman–Crippen MR) is 80.7 cm³/mol. The third kappa shape index (κ3) is 3.34. The summed E-state index contributed by atoms with van der Waals surface area (Å²) in [5, 5.41) is 0. The van der Waals surface area contributed by atoms with E-state index in [9.17, 15) is 12.8 Å². The van der Waals surface area contributed by atoms with Crippen LogP contribution in [-0.4, -0.2) is 15.5 Å². The second kappa shape index (κ2) is 6.00. The highest BCUT2D eigenvalue weighted by Crippen LogP contribution is 2.29. The fourth-order valence-electron chi connectivity index (χ4n) is 1.80. The van der Waals surface area contributed by atoms with Crippen molar-refractivity contribution in [3.05, 3.63) is 39.8 Å². The average molecular weight is 330 g/mol. The molecule has 2 aromatic rings. The Kier molecular flexibility index (Phi) is 4.50. The monoisotopic (exact) mass is 330 g/mol. The summed E-state index contributed by atoms with van der Waals surface area (Å²) in [6.07, 6.45) is 0. The van der Waals surface area contributed by atoms with Gasteiger partial charge in [-0.1, -0.05) is 0 Å². The Balaban J connectivity index is 2.39. The maximum Gasteiger partial charge on any atom is 0.263 e. The molecular weight excluding hydrogens is 315 g/mol. The molecule has 0 atom stereocenters. The molecule has 0 amide bonds. The third-order valence-electron chi connectivity index (χ3n) is 2.83. The Morgan fingerprint density at radius 3 is 2.67 bits per heavy atom. The van der Waals surface area contributed by atoms with E-state index < -0.39 is 15.8 Å². The van der Waals surface area contributed by atoms with E-state index in [0.29, 0.717) is 10.6 Å². The van der Waals surface area contributed by atoms with Crippen molar-refractivity contribution in [2.45, 2.75) is 18.4 Å². The van der Waals surface area contributed by atoms with E-state index in [2.05, 4.69) is 4.72 Å². The molecule has 0 aliphatic rings. The van der Waals surface area contributed by atoms with Crippen molar-refractivity contribution in [1.82, 2.24) is 0 Å². The molecule has 8 heteroatoms. The quantitative estimate of drug-likeness (QED) is 0.882. The molecule has 114 valence electrons. The van der Waals surface area contributed by atoms with Crippen molar-refractivity contribution < 1.29 is 17.5 Å². The van der Waals surface area contributed by atoms with Gasteiger partial charge in [0.25, 0.3) is 10.0 Å². The van der Waals surface area contributed by atoms with E-state index in [0.717, 1.165) is 10.9 Å². The van der Waals surface area contributed by atoms with Gasteiger partial charge in [-0.2, -0.15) is 0 Å². The van der Waals surface area contributed by atoms with Gasteiger partial charge in [-0.15, -0.1) is 11.3 Å². The second-order valence-corrected chi connectivity index (χ2v) is 7.28. The summed E-state index contributed by atoms with van der Waals surface area (Å²) < 4.78 is 45.6. The first-order chi connectivity index (χ1) is 9.87. The number of halogens is 1. The molecule has 0 saturated heterocycles. The lowest BCUT2D eigenvalue weighted by molar-refractivity contribution is 0.414. The molecule has 0 fully saturated rings. The summed E-state index contributed by atoms with van der Waals surface area (Å²) in [6.45, 7) is 1.94. The number of ether oxygens (including phenoxy) is 1. The molecule has 0 aliphatic carbocycles. The minimum Gasteiger partial charge on any atom is -0.497 e. The Morgan fingerprint density at radius 1 is 1.38 bits per heavy atom. The fourth-order valence-corrected chi connectivity index (χ4v) is 4.37. The van der Waals surface area contributed by atoms with E-state index in [1.54, 1.807) is 6.92 Å². The molecule has 0 saturated carbocycles. The Hall–Kier alpha value is -1.64.